The van der Waals surface area contributed by atoms with E-state index in [9.17, 15) is 0 Å². The van der Waals surface area contributed by atoms with Crippen LogP contribution in [-0.2, 0) is 12.8 Å². The van der Waals surface area contributed by atoms with Crippen LogP contribution in [0.2, 0.25) is 0 Å². The number of aromatic nitrogens is 1. The molecule has 0 aromatic carbocycles. The molecule has 0 saturated carbocycles. The molecule has 0 aliphatic carbocycles. The van der Waals surface area contributed by atoms with Crippen LogP contribution in [0.25, 0.3) is 0 Å². The van der Waals surface area contributed by atoms with E-state index in [1.54, 1.807) is 0 Å². The van der Waals surface area contributed by atoms with E-state index in [0.717, 1.165) is 58.1 Å². The van der Waals surface area contributed by atoms with Gasteiger partial charge in [0, 0.05) is 69.9 Å². The summed E-state index contributed by atoms with van der Waals surface area (Å²) in [5.74, 6) is 0.878. The van der Waals surface area contributed by atoms with Gasteiger partial charge in [0.2, 0.25) is 0 Å². The van der Waals surface area contributed by atoms with Crippen LogP contribution in [0.4, 0.5) is 0 Å². The lowest BCUT2D eigenvalue weighted by Crippen LogP contribution is -2.52. The molecule has 2 N–H and O–H groups in total. The van der Waals surface area contributed by atoms with Crippen LogP contribution in [0.5, 0.6) is 0 Å². The summed E-state index contributed by atoms with van der Waals surface area (Å²) < 4.78 is 0. The zero-order valence-corrected chi connectivity index (χ0v) is 16.3. The number of piperazine rings is 1. The van der Waals surface area contributed by atoms with Crippen molar-refractivity contribution in [3.05, 3.63) is 16.1 Å². The number of guanidine groups is 1. The number of hydrogen-bond donors (Lipinski definition) is 2. The zero-order chi connectivity index (χ0) is 17.4. The van der Waals surface area contributed by atoms with Crippen molar-refractivity contribution in [2.75, 3.05) is 53.4 Å². The first-order chi connectivity index (χ1) is 11.6. The van der Waals surface area contributed by atoms with Crippen molar-refractivity contribution in [3.8, 4) is 0 Å². The number of nitrogens with one attached hydrogen (secondary N) is 2. The Labute approximate surface area is 150 Å². The second-order valence-corrected chi connectivity index (χ2v) is 7.59. The van der Waals surface area contributed by atoms with Gasteiger partial charge >= 0.3 is 0 Å². The molecule has 1 atom stereocenters. The number of aryl methyl sites for hydroxylation is 1. The predicted octanol–water partition coefficient (Wildman–Crippen LogP) is 1.05. The second kappa shape index (κ2) is 9.96. The van der Waals surface area contributed by atoms with Crippen molar-refractivity contribution in [1.82, 2.24) is 25.4 Å². The van der Waals surface area contributed by atoms with Gasteiger partial charge in [-0.05, 0) is 20.4 Å². The lowest BCUT2D eigenvalue weighted by atomic mass is 10.2. The van der Waals surface area contributed by atoms with E-state index >= 15 is 0 Å². The van der Waals surface area contributed by atoms with Crippen molar-refractivity contribution < 1.29 is 0 Å². The largest absolute Gasteiger partial charge is 0.356 e. The van der Waals surface area contributed by atoms with Gasteiger partial charge in [-0.15, -0.1) is 11.3 Å². The standard InChI is InChI=1S/C17H32N6S/c1-5-15-13-20-16(24-15)6-7-19-17(18-3)21-12-14(2)23-10-8-22(4)9-11-23/h13-14H,5-12H2,1-4H3,(H2,18,19,21). The molecular weight excluding hydrogens is 320 g/mol. The maximum atomic E-state index is 4.46. The van der Waals surface area contributed by atoms with Crippen LogP contribution in [-0.4, -0.2) is 80.1 Å². The highest BCUT2D eigenvalue weighted by Crippen LogP contribution is 2.13. The molecule has 2 rings (SSSR count). The van der Waals surface area contributed by atoms with Crippen LogP contribution in [0.15, 0.2) is 11.2 Å². The summed E-state index contributed by atoms with van der Waals surface area (Å²) in [7, 11) is 4.02. The average Bonchev–Trinajstić information content (AvgIpc) is 3.06. The smallest absolute Gasteiger partial charge is 0.191 e. The van der Waals surface area contributed by atoms with Crippen molar-refractivity contribution in [3.63, 3.8) is 0 Å². The molecule has 1 saturated heterocycles. The highest BCUT2D eigenvalue weighted by molar-refractivity contribution is 7.11. The lowest BCUT2D eigenvalue weighted by molar-refractivity contribution is 0.120. The fourth-order valence-electron chi connectivity index (χ4n) is 2.77. The predicted molar refractivity (Wildman–Crippen MR) is 103 cm³/mol. The van der Waals surface area contributed by atoms with Crippen LogP contribution in [0.1, 0.15) is 23.7 Å². The Balaban J connectivity index is 1.66. The summed E-state index contributed by atoms with van der Waals surface area (Å²) >= 11 is 1.81. The molecular formula is C17H32N6S. The van der Waals surface area contributed by atoms with Gasteiger partial charge in [0.05, 0.1) is 5.01 Å². The third-order valence-corrected chi connectivity index (χ3v) is 5.73. The molecule has 2 heterocycles. The lowest BCUT2D eigenvalue weighted by Gasteiger charge is -2.36. The SMILES string of the molecule is CCc1cnc(CCNC(=NC)NCC(C)N2CCN(C)CC2)s1. The van der Waals surface area contributed by atoms with E-state index in [4.69, 9.17) is 0 Å². The molecule has 136 valence electrons. The molecule has 1 aromatic heterocycles. The molecule has 0 radical (unpaired) electrons. The Hall–Kier alpha value is -1.18. The Morgan fingerprint density at radius 1 is 1.33 bits per heavy atom. The normalized spacial score (nSPS) is 18.6. The van der Waals surface area contributed by atoms with Gasteiger partial charge in [0.15, 0.2) is 5.96 Å². The summed E-state index contributed by atoms with van der Waals surface area (Å²) in [6.07, 6.45) is 4.00. The van der Waals surface area contributed by atoms with Crippen molar-refractivity contribution >= 4 is 17.3 Å². The molecule has 0 amide bonds. The summed E-state index contributed by atoms with van der Waals surface area (Å²) in [5, 5.41) is 8.03. The highest BCUT2D eigenvalue weighted by Gasteiger charge is 2.18. The topological polar surface area (TPSA) is 55.8 Å². The van der Waals surface area contributed by atoms with Crippen molar-refractivity contribution in [1.29, 1.82) is 0 Å². The minimum Gasteiger partial charge on any atom is -0.356 e. The number of rotatable bonds is 7. The van der Waals surface area contributed by atoms with E-state index in [0.29, 0.717) is 6.04 Å². The third-order valence-electron chi connectivity index (χ3n) is 4.53. The van der Waals surface area contributed by atoms with Gasteiger partial charge in [-0.1, -0.05) is 6.92 Å². The maximum Gasteiger partial charge on any atom is 0.191 e. The van der Waals surface area contributed by atoms with E-state index in [1.807, 2.05) is 24.6 Å². The average molecular weight is 353 g/mol. The Bertz CT molecular complexity index is 507. The van der Waals surface area contributed by atoms with Gasteiger partial charge in [0.25, 0.3) is 0 Å². The second-order valence-electron chi connectivity index (χ2n) is 6.39. The van der Waals surface area contributed by atoms with Crippen LogP contribution >= 0.6 is 11.3 Å². The third kappa shape index (κ3) is 6.03. The van der Waals surface area contributed by atoms with Crippen LogP contribution < -0.4 is 10.6 Å². The van der Waals surface area contributed by atoms with Crippen LogP contribution in [0, 0.1) is 0 Å². The molecule has 6 nitrogen and oxygen atoms in total. The molecule has 1 fully saturated rings. The molecule has 0 bridgehead atoms. The fraction of sp³-hybridized carbons (Fsp3) is 0.765. The van der Waals surface area contributed by atoms with Crippen molar-refractivity contribution in [2.45, 2.75) is 32.7 Å². The molecule has 7 heteroatoms. The number of aliphatic imine (C=N–C) groups is 1. The first-order valence-corrected chi connectivity index (χ1v) is 9.74. The van der Waals surface area contributed by atoms with E-state index in [2.05, 4.69) is 51.3 Å². The van der Waals surface area contributed by atoms with Gasteiger partial charge < -0.3 is 15.5 Å². The minimum atomic E-state index is 0.517. The van der Waals surface area contributed by atoms with E-state index < -0.39 is 0 Å². The van der Waals surface area contributed by atoms with E-state index in [-0.39, 0.29) is 0 Å². The quantitative estimate of drug-likeness (QED) is 0.567. The van der Waals surface area contributed by atoms with Gasteiger partial charge in [0.1, 0.15) is 0 Å². The molecule has 1 aromatic rings. The summed E-state index contributed by atoms with van der Waals surface area (Å²) in [6.45, 7) is 10.8. The maximum absolute atomic E-state index is 4.46. The minimum absolute atomic E-state index is 0.517. The zero-order valence-electron chi connectivity index (χ0n) is 15.5. The summed E-state index contributed by atoms with van der Waals surface area (Å²) in [6, 6.07) is 0.517. The van der Waals surface area contributed by atoms with Crippen molar-refractivity contribution in [2.24, 2.45) is 4.99 Å². The number of nitrogens with zero attached hydrogens (tertiary/aromatic N) is 4. The monoisotopic (exact) mass is 352 g/mol. The molecule has 1 aliphatic rings. The molecule has 1 unspecified atom stereocenters. The highest BCUT2D eigenvalue weighted by atomic mass is 32.1. The Morgan fingerprint density at radius 2 is 2.08 bits per heavy atom. The number of hydrogen-bond acceptors (Lipinski definition) is 5. The number of likely N-dealkylation sites (N-methyl/N-ethyl adjacent to an activating group) is 1. The Kier molecular flexibility index (Phi) is 7.94. The van der Waals surface area contributed by atoms with Gasteiger partial charge in [-0.25, -0.2) is 4.98 Å². The summed E-state index contributed by atoms with van der Waals surface area (Å²) in [5.41, 5.74) is 0. The van der Waals surface area contributed by atoms with Gasteiger partial charge in [-0.3, -0.25) is 9.89 Å². The molecule has 24 heavy (non-hydrogen) atoms. The molecule has 1 aliphatic heterocycles. The Morgan fingerprint density at radius 3 is 2.71 bits per heavy atom. The van der Waals surface area contributed by atoms with Crippen LogP contribution in [0.3, 0.4) is 0 Å². The van der Waals surface area contributed by atoms with E-state index in [1.165, 1.54) is 9.88 Å². The summed E-state index contributed by atoms with van der Waals surface area (Å²) in [4.78, 5) is 15.1. The van der Waals surface area contributed by atoms with Gasteiger partial charge in [-0.2, -0.15) is 0 Å². The molecule has 0 spiro atoms. The fourth-order valence-corrected chi connectivity index (χ4v) is 3.63. The first-order valence-electron chi connectivity index (χ1n) is 8.93. The number of thiazole rings is 1. The first kappa shape index (κ1) is 19.1.